The van der Waals surface area contributed by atoms with Gasteiger partial charge in [0.1, 0.15) is 5.76 Å². The maximum absolute atomic E-state index is 12.9. The van der Waals surface area contributed by atoms with Crippen molar-refractivity contribution in [2.24, 2.45) is 0 Å². The molecule has 6 nitrogen and oxygen atoms in total. The van der Waals surface area contributed by atoms with E-state index in [1.54, 1.807) is 29.2 Å². The van der Waals surface area contributed by atoms with Crippen LogP contribution in [0.3, 0.4) is 0 Å². The zero-order valence-corrected chi connectivity index (χ0v) is 18.0. The second kappa shape index (κ2) is 9.31. The van der Waals surface area contributed by atoms with E-state index in [-0.39, 0.29) is 11.3 Å². The van der Waals surface area contributed by atoms with Crippen LogP contribution in [0.15, 0.2) is 47.4 Å². The van der Waals surface area contributed by atoms with Crippen LogP contribution in [0, 0.1) is 0 Å². The van der Waals surface area contributed by atoms with Crippen molar-refractivity contribution in [1.82, 2.24) is 9.80 Å². The Morgan fingerprint density at radius 3 is 2.53 bits per heavy atom. The maximum atomic E-state index is 12.9. The number of ketones is 1. The van der Waals surface area contributed by atoms with Crippen LogP contribution in [0.4, 0.5) is 0 Å². The van der Waals surface area contributed by atoms with E-state index in [4.69, 9.17) is 16.3 Å². The first-order valence-corrected chi connectivity index (χ1v) is 11.2. The standard InChI is InChI=1S/C22H23ClN2O4S/c23-16-6-4-15(5-7-16)20(26)18-19(17-3-1-14-30-17)25(22(28)21(18)27)9-2-8-24-10-12-29-13-11-24/h1,3-7,14,19,26H,2,8-13H2/t19-/m0/s1. The van der Waals surface area contributed by atoms with Gasteiger partial charge in [-0.3, -0.25) is 14.5 Å². The fourth-order valence-corrected chi connectivity index (χ4v) is 4.88. The Kier molecular flexibility index (Phi) is 6.53. The number of halogens is 1. The van der Waals surface area contributed by atoms with Gasteiger partial charge in [0.05, 0.1) is 24.8 Å². The molecule has 1 aromatic heterocycles. The summed E-state index contributed by atoms with van der Waals surface area (Å²) in [7, 11) is 0. The van der Waals surface area contributed by atoms with Gasteiger partial charge in [0.15, 0.2) is 0 Å². The number of carbonyl (C=O) groups excluding carboxylic acids is 2. The highest BCUT2D eigenvalue weighted by atomic mass is 35.5. The fourth-order valence-electron chi connectivity index (χ4n) is 3.91. The van der Waals surface area contributed by atoms with Gasteiger partial charge in [-0.15, -0.1) is 11.3 Å². The van der Waals surface area contributed by atoms with Crippen molar-refractivity contribution < 1.29 is 19.4 Å². The monoisotopic (exact) mass is 446 g/mol. The molecule has 1 aromatic carbocycles. The van der Waals surface area contributed by atoms with Crippen LogP contribution in [0.25, 0.3) is 5.76 Å². The molecule has 8 heteroatoms. The van der Waals surface area contributed by atoms with Gasteiger partial charge in [-0.05, 0) is 42.1 Å². The Morgan fingerprint density at radius 1 is 1.13 bits per heavy atom. The lowest BCUT2D eigenvalue weighted by atomic mass is 10.00. The first-order valence-electron chi connectivity index (χ1n) is 9.94. The van der Waals surface area contributed by atoms with Crippen molar-refractivity contribution in [3.8, 4) is 0 Å². The van der Waals surface area contributed by atoms with Crippen molar-refractivity contribution in [2.75, 3.05) is 39.4 Å². The predicted molar refractivity (Wildman–Crippen MR) is 117 cm³/mol. The first-order chi connectivity index (χ1) is 14.6. The van der Waals surface area contributed by atoms with Gasteiger partial charge in [-0.2, -0.15) is 0 Å². The summed E-state index contributed by atoms with van der Waals surface area (Å²) in [5, 5.41) is 13.4. The number of morpholine rings is 1. The van der Waals surface area contributed by atoms with Crippen LogP contribution in [0.1, 0.15) is 22.9 Å². The number of benzene rings is 1. The zero-order valence-electron chi connectivity index (χ0n) is 16.4. The van der Waals surface area contributed by atoms with E-state index < -0.39 is 17.7 Å². The number of hydrogen-bond donors (Lipinski definition) is 1. The molecule has 0 bridgehead atoms. The minimum atomic E-state index is -0.646. The Balaban J connectivity index is 1.61. The molecule has 1 atom stereocenters. The topological polar surface area (TPSA) is 70.1 Å². The van der Waals surface area contributed by atoms with Crippen LogP contribution < -0.4 is 0 Å². The van der Waals surface area contributed by atoms with E-state index in [0.717, 1.165) is 44.1 Å². The highest BCUT2D eigenvalue weighted by Crippen LogP contribution is 2.41. The number of carbonyl (C=O) groups is 2. The zero-order chi connectivity index (χ0) is 21.1. The Morgan fingerprint density at radius 2 is 1.87 bits per heavy atom. The van der Waals surface area contributed by atoms with Crippen molar-refractivity contribution in [3.05, 3.63) is 62.8 Å². The van der Waals surface area contributed by atoms with Gasteiger partial charge in [-0.25, -0.2) is 0 Å². The molecule has 4 rings (SSSR count). The van der Waals surface area contributed by atoms with Gasteiger partial charge in [0, 0.05) is 41.6 Å². The predicted octanol–water partition coefficient (Wildman–Crippen LogP) is 3.55. The molecule has 3 heterocycles. The average molecular weight is 447 g/mol. The first kappa shape index (κ1) is 21.1. The van der Waals surface area contributed by atoms with Crippen LogP contribution in [0.5, 0.6) is 0 Å². The summed E-state index contributed by atoms with van der Waals surface area (Å²) in [5.74, 6) is -1.38. The Hall–Kier alpha value is -2.19. The number of ether oxygens (including phenoxy) is 1. The molecule has 2 fully saturated rings. The molecule has 2 saturated heterocycles. The van der Waals surface area contributed by atoms with E-state index >= 15 is 0 Å². The lowest BCUT2D eigenvalue weighted by Gasteiger charge is -2.28. The number of hydrogen-bond acceptors (Lipinski definition) is 6. The van der Waals surface area contributed by atoms with Crippen LogP contribution >= 0.6 is 22.9 Å². The van der Waals surface area contributed by atoms with Gasteiger partial charge >= 0.3 is 0 Å². The molecule has 1 amide bonds. The van der Waals surface area contributed by atoms with E-state index in [9.17, 15) is 14.7 Å². The summed E-state index contributed by atoms with van der Waals surface area (Å²) >= 11 is 7.41. The number of Topliss-reactive ketones (excluding diaryl/α,β-unsaturated/α-hetero) is 1. The number of aliphatic hydroxyl groups excluding tert-OH is 1. The van der Waals surface area contributed by atoms with Crippen LogP contribution in [-0.2, 0) is 14.3 Å². The lowest BCUT2D eigenvalue weighted by molar-refractivity contribution is -0.140. The summed E-state index contributed by atoms with van der Waals surface area (Å²) < 4.78 is 5.37. The van der Waals surface area contributed by atoms with E-state index in [0.29, 0.717) is 17.1 Å². The van der Waals surface area contributed by atoms with Gasteiger partial charge in [-0.1, -0.05) is 17.7 Å². The van der Waals surface area contributed by atoms with E-state index in [1.807, 2.05) is 17.5 Å². The van der Waals surface area contributed by atoms with Crippen molar-refractivity contribution in [2.45, 2.75) is 12.5 Å². The maximum Gasteiger partial charge on any atom is 0.295 e. The smallest absolute Gasteiger partial charge is 0.295 e. The van der Waals surface area contributed by atoms with Crippen LogP contribution in [0.2, 0.25) is 5.02 Å². The molecule has 2 aromatic rings. The largest absolute Gasteiger partial charge is 0.507 e. The summed E-state index contributed by atoms with van der Waals surface area (Å²) in [4.78, 5) is 30.5. The van der Waals surface area contributed by atoms with Gasteiger partial charge < -0.3 is 14.7 Å². The third-order valence-electron chi connectivity index (χ3n) is 5.45. The number of amides is 1. The van der Waals surface area contributed by atoms with Gasteiger partial charge in [0.25, 0.3) is 11.7 Å². The third kappa shape index (κ3) is 4.30. The second-order valence-electron chi connectivity index (χ2n) is 7.32. The Bertz CT molecular complexity index is 937. The highest BCUT2D eigenvalue weighted by Gasteiger charge is 2.46. The lowest BCUT2D eigenvalue weighted by Crippen LogP contribution is -2.38. The summed E-state index contributed by atoms with van der Waals surface area (Å²) in [6.45, 7) is 4.48. The van der Waals surface area contributed by atoms with Crippen LogP contribution in [-0.4, -0.2) is 66.0 Å². The average Bonchev–Trinajstić information content (AvgIpc) is 3.37. The molecule has 158 valence electrons. The molecular weight excluding hydrogens is 424 g/mol. The fraction of sp³-hybridized carbons (Fsp3) is 0.364. The number of likely N-dealkylation sites (tertiary alicyclic amines) is 1. The summed E-state index contributed by atoms with van der Waals surface area (Å²) in [6, 6.07) is 9.79. The molecule has 2 aliphatic heterocycles. The number of aliphatic hydroxyl groups is 1. The molecule has 0 saturated carbocycles. The van der Waals surface area contributed by atoms with E-state index in [2.05, 4.69) is 4.90 Å². The Labute approximate surface area is 184 Å². The molecular formula is C22H23ClN2O4S. The molecule has 1 N–H and O–H groups in total. The molecule has 0 spiro atoms. The van der Waals surface area contributed by atoms with E-state index in [1.165, 1.54) is 11.3 Å². The molecule has 0 radical (unpaired) electrons. The molecule has 0 unspecified atom stereocenters. The number of thiophene rings is 1. The van der Waals surface area contributed by atoms with Crippen molar-refractivity contribution in [3.63, 3.8) is 0 Å². The normalized spacial score (nSPS) is 22.0. The summed E-state index contributed by atoms with van der Waals surface area (Å²) in [6.07, 6.45) is 0.746. The number of rotatable bonds is 6. The highest BCUT2D eigenvalue weighted by molar-refractivity contribution is 7.10. The van der Waals surface area contributed by atoms with Gasteiger partial charge in [0.2, 0.25) is 0 Å². The van der Waals surface area contributed by atoms with Crippen molar-refractivity contribution >= 4 is 40.4 Å². The quantitative estimate of drug-likeness (QED) is 0.417. The second-order valence-corrected chi connectivity index (χ2v) is 8.74. The minimum absolute atomic E-state index is 0.135. The molecule has 2 aliphatic rings. The SMILES string of the molecule is O=C1C(=O)N(CCCN2CCOCC2)[C@@H](c2cccs2)C1=C(O)c1ccc(Cl)cc1. The molecule has 0 aliphatic carbocycles. The number of nitrogens with zero attached hydrogens (tertiary/aromatic N) is 2. The van der Waals surface area contributed by atoms with Crippen molar-refractivity contribution in [1.29, 1.82) is 0 Å². The third-order valence-corrected chi connectivity index (χ3v) is 6.62. The molecule has 30 heavy (non-hydrogen) atoms. The summed E-state index contributed by atoms with van der Waals surface area (Å²) in [5.41, 5.74) is 0.600. The minimum Gasteiger partial charge on any atom is -0.507 e.